The zero-order valence-corrected chi connectivity index (χ0v) is 13.0. The van der Waals surface area contributed by atoms with Gasteiger partial charge in [0.15, 0.2) is 0 Å². The van der Waals surface area contributed by atoms with E-state index in [9.17, 15) is 4.79 Å². The number of likely N-dealkylation sites (tertiary alicyclic amines) is 1. The molecule has 0 aliphatic carbocycles. The van der Waals surface area contributed by atoms with Crippen LogP contribution in [-0.4, -0.2) is 42.0 Å². The molecule has 1 fully saturated rings. The Morgan fingerprint density at radius 2 is 2.19 bits per heavy atom. The van der Waals surface area contributed by atoms with Gasteiger partial charge in [0.25, 0.3) is 5.91 Å². The second-order valence-corrected chi connectivity index (χ2v) is 6.25. The largest absolute Gasteiger partial charge is 0.350 e. The van der Waals surface area contributed by atoms with Gasteiger partial charge in [-0.3, -0.25) is 4.79 Å². The molecule has 1 aliphatic rings. The Labute approximate surface area is 125 Å². The van der Waals surface area contributed by atoms with Crippen molar-refractivity contribution in [1.82, 2.24) is 15.2 Å². The molecule has 1 aromatic carbocycles. The van der Waals surface area contributed by atoms with Crippen molar-refractivity contribution in [2.24, 2.45) is 0 Å². The normalized spacial score (nSPS) is 19.9. The summed E-state index contributed by atoms with van der Waals surface area (Å²) in [4.78, 5) is 18.1. The Morgan fingerprint density at radius 1 is 1.38 bits per heavy atom. The number of nitrogens with zero attached hydrogens (tertiary/aromatic N) is 1. The van der Waals surface area contributed by atoms with Gasteiger partial charge in [0, 0.05) is 23.5 Å². The zero-order chi connectivity index (χ0) is 15.0. The summed E-state index contributed by atoms with van der Waals surface area (Å²) in [5, 5.41) is 4.31. The van der Waals surface area contributed by atoms with E-state index in [4.69, 9.17) is 0 Å². The average molecular weight is 285 g/mol. The molecule has 2 aromatic rings. The van der Waals surface area contributed by atoms with Crippen molar-refractivity contribution in [3.63, 3.8) is 0 Å². The molecule has 0 radical (unpaired) electrons. The van der Waals surface area contributed by atoms with Crippen molar-refractivity contribution >= 4 is 16.8 Å². The van der Waals surface area contributed by atoms with E-state index < -0.39 is 0 Å². The fourth-order valence-electron chi connectivity index (χ4n) is 3.21. The Balaban J connectivity index is 1.82. The molecular formula is C17H23N3O. The highest BCUT2D eigenvalue weighted by molar-refractivity contribution is 6.01. The first kappa shape index (κ1) is 14.1. The summed E-state index contributed by atoms with van der Waals surface area (Å²) in [5.74, 6) is 0.0154. The van der Waals surface area contributed by atoms with Gasteiger partial charge >= 0.3 is 0 Å². The van der Waals surface area contributed by atoms with Crippen molar-refractivity contribution in [3.8, 4) is 0 Å². The van der Waals surface area contributed by atoms with Gasteiger partial charge in [0.05, 0.1) is 0 Å². The lowest BCUT2D eigenvalue weighted by Crippen LogP contribution is -2.46. The molecule has 0 saturated carbocycles. The molecule has 21 heavy (non-hydrogen) atoms. The van der Waals surface area contributed by atoms with Crippen LogP contribution in [0.5, 0.6) is 0 Å². The SMILES string of the molecule is Cc1ccc2[nH]c(C(=O)N[C@@H]3CCCN(C)C3)c(C)c2c1. The Hall–Kier alpha value is -1.81. The Morgan fingerprint density at radius 3 is 2.95 bits per heavy atom. The van der Waals surface area contributed by atoms with Crippen LogP contribution in [0.4, 0.5) is 0 Å². The van der Waals surface area contributed by atoms with Gasteiger partial charge in [0.2, 0.25) is 0 Å². The third-order valence-electron chi connectivity index (χ3n) is 4.40. The third kappa shape index (κ3) is 2.81. The third-order valence-corrected chi connectivity index (χ3v) is 4.40. The van der Waals surface area contributed by atoms with Gasteiger partial charge in [-0.25, -0.2) is 0 Å². The first-order valence-corrected chi connectivity index (χ1v) is 7.63. The molecule has 3 rings (SSSR count). The number of likely N-dealkylation sites (N-methyl/N-ethyl adjacent to an activating group) is 1. The maximum absolute atomic E-state index is 12.5. The van der Waals surface area contributed by atoms with E-state index in [1.807, 2.05) is 13.0 Å². The number of aromatic amines is 1. The Kier molecular flexibility index (Phi) is 3.72. The standard InChI is InChI=1S/C17H23N3O/c1-11-6-7-15-14(9-11)12(2)16(19-15)17(21)18-13-5-4-8-20(3)10-13/h6-7,9,13,19H,4-5,8,10H2,1-3H3,(H,18,21)/t13-/m1/s1. The van der Waals surface area contributed by atoms with Crippen LogP contribution in [0.1, 0.15) is 34.5 Å². The first-order valence-electron chi connectivity index (χ1n) is 7.63. The lowest BCUT2D eigenvalue weighted by Gasteiger charge is -2.30. The molecule has 1 saturated heterocycles. The molecule has 2 heterocycles. The average Bonchev–Trinajstić information content (AvgIpc) is 2.76. The minimum absolute atomic E-state index is 0.0154. The highest BCUT2D eigenvalue weighted by Gasteiger charge is 2.21. The van der Waals surface area contributed by atoms with Gasteiger partial charge in [-0.2, -0.15) is 0 Å². The molecule has 1 atom stereocenters. The van der Waals surface area contributed by atoms with Crippen molar-refractivity contribution in [1.29, 1.82) is 0 Å². The first-order chi connectivity index (χ1) is 10.0. The van der Waals surface area contributed by atoms with Gasteiger partial charge < -0.3 is 15.2 Å². The van der Waals surface area contributed by atoms with Gasteiger partial charge in [0.1, 0.15) is 5.69 Å². The number of nitrogens with one attached hydrogen (secondary N) is 2. The minimum Gasteiger partial charge on any atom is -0.350 e. The predicted octanol–water partition coefficient (Wildman–Crippen LogP) is 2.61. The van der Waals surface area contributed by atoms with Crippen LogP contribution in [0.15, 0.2) is 18.2 Å². The number of hydrogen-bond acceptors (Lipinski definition) is 2. The number of amides is 1. The molecule has 1 aliphatic heterocycles. The van der Waals surface area contributed by atoms with Gasteiger partial charge in [-0.15, -0.1) is 0 Å². The molecule has 112 valence electrons. The number of benzene rings is 1. The molecule has 0 unspecified atom stereocenters. The van der Waals surface area contributed by atoms with Crippen molar-refractivity contribution < 1.29 is 4.79 Å². The highest BCUT2D eigenvalue weighted by atomic mass is 16.2. The molecule has 2 N–H and O–H groups in total. The van der Waals surface area contributed by atoms with Gasteiger partial charge in [-0.1, -0.05) is 11.6 Å². The van der Waals surface area contributed by atoms with E-state index in [0.29, 0.717) is 5.69 Å². The van der Waals surface area contributed by atoms with Crippen LogP contribution in [0, 0.1) is 13.8 Å². The van der Waals surface area contributed by atoms with Crippen LogP contribution in [-0.2, 0) is 0 Å². The van der Waals surface area contributed by atoms with Crippen LogP contribution >= 0.6 is 0 Å². The second kappa shape index (κ2) is 5.53. The summed E-state index contributed by atoms with van der Waals surface area (Å²) < 4.78 is 0. The van der Waals surface area contributed by atoms with Gasteiger partial charge in [-0.05, 0) is 58.0 Å². The number of aryl methyl sites for hydroxylation is 2. The number of aromatic nitrogens is 1. The molecule has 0 spiro atoms. The van der Waals surface area contributed by atoms with E-state index >= 15 is 0 Å². The number of rotatable bonds is 2. The number of fused-ring (bicyclic) bond motifs is 1. The molecule has 4 heteroatoms. The fraction of sp³-hybridized carbons (Fsp3) is 0.471. The molecule has 0 bridgehead atoms. The van der Waals surface area contributed by atoms with Crippen molar-refractivity contribution in [2.75, 3.05) is 20.1 Å². The number of carbonyl (C=O) groups is 1. The maximum atomic E-state index is 12.5. The van der Waals surface area contributed by atoms with E-state index in [0.717, 1.165) is 42.4 Å². The lowest BCUT2D eigenvalue weighted by molar-refractivity contribution is 0.0907. The van der Waals surface area contributed by atoms with Crippen LogP contribution in [0.25, 0.3) is 10.9 Å². The summed E-state index contributed by atoms with van der Waals surface area (Å²) in [6, 6.07) is 6.49. The van der Waals surface area contributed by atoms with E-state index in [1.165, 1.54) is 5.56 Å². The molecule has 1 amide bonds. The summed E-state index contributed by atoms with van der Waals surface area (Å²) >= 11 is 0. The number of hydrogen-bond donors (Lipinski definition) is 2. The Bertz CT molecular complexity index is 674. The maximum Gasteiger partial charge on any atom is 0.268 e. The van der Waals surface area contributed by atoms with Crippen molar-refractivity contribution in [2.45, 2.75) is 32.7 Å². The molecule has 4 nitrogen and oxygen atoms in total. The topological polar surface area (TPSA) is 48.1 Å². The zero-order valence-electron chi connectivity index (χ0n) is 13.0. The van der Waals surface area contributed by atoms with E-state index in [2.05, 4.69) is 41.3 Å². The molecule has 1 aromatic heterocycles. The van der Waals surface area contributed by atoms with Crippen LogP contribution in [0.3, 0.4) is 0 Å². The summed E-state index contributed by atoms with van der Waals surface area (Å²) in [5.41, 5.74) is 3.98. The monoisotopic (exact) mass is 285 g/mol. The second-order valence-electron chi connectivity index (χ2n) is 6.25. The van der Waals surface area contributed by atoms with Crippen molar-refractivity contribution in [3.05, 3.63) is 35.0 Å². The van der Waals surface area contributed by atoms with Crippen LogP contribution in [0.2, 0.25) is 0 Å². The predicted molar refractivity (Wildman–Crippen MR) is 85.8 cm³/mol. The van der Waals surface area contributed by atoms with E-state index in [1.54, 1.807) is 0 Å². The molecular weight excluding hydrogens is 262 g/mol. The summed E-state index contributed by atoms with van der Waals surface area (Å²) in [6.45, 7) is 6.14. The lowest BCUT2D eigenvalue weighted by atomic mass is 10.1. The smallest absolute Gasteiger partial charge is 0.268 e. The summed E-state index contributed by atoms with van der Waals surface area (Å²) in [7, 11) is 2.11. The highest BCUT2D eigenvalue weighted by Crippen LogP contribution is 2.23. The summed E-state index contributed by atoms with van der Waals surface area (Å²) in [6.07, 6.45) is 2.21. The number of carbonyl (C=O) groups excluding carboxylic acids is 1. The number of piperidine rings is 1. The fourth-order valence-corrected chi connectivity index (χ4v) is 3.21. The quantitative estimate of drug-likeness (QED) is 0.891. The van der Waals surface area contributed by atoms with E-state index in [-0.39, 0.29) is 11.9 Å². The van der Waals surface area contributed by atoms with Crippen LogP contribution < -0.4 is 5.32 Å². The minimum atomic E-state index is 0.0154. The number of H-pyrrole nitrogens is 1.